The zero-order chi connectivity index (χ0) is 41.9. The molecule has 0 N–H and O–H groups in total. The highest BCUT2D eigenvalue weighted by Crippen LogP contribution is 2.97. The number of ether oxygens (including phenoxy) is 1. The van der Waals surface area contributed by atoms with Crippen LogP contribution in [-0.4, -0.2) is 4.98 Å². The first-order chi connectivity index (χ1) is 26.3. The fourth-order valence-electron chi connectivity index (χ4n) is 5.51. The van der Waals surface area contributed by atoms with E-state index >= 15 is 26.3 Å². The summed E-state index contributed by atoms with van der Waals surface area (Å²) in [5, 5.41) is -1.45. The fourth-order valence-corrected chi connectivity index (χ4v) is 5.81. The maximum Gasteiger partial charge on any atom is 0.432 e. The highest BCUT2D eigenvalue weighted by molar-refractivity contribution is 8.49. The van der Waals surface area contributed by atoms with Gasteiger partial charge in [-0.3, -0.25) is 4.98 Å². The molecule has 0 radical (unpaired) electrons. The van der Waals surface area contributed by atoms with Crippen molar-refractivity contribution in [3.63, 3.8) is 0 Å². The van der Waals surface area contributed by atoms with Gasteiger partial charge in [-0.25, -0.2) is 30.7 Å². The normalized spacial score (nSPS) is 12.9. The smallest absolute Gasteiger partial charge is 0.429 e. The lowest BCUT2D eigenvalue weighted by atomic mass is 9.98. The molecule has 0 amide bonds. The molecule has 5 aromatic carbocycles. The van der Waals surface area contributed by atoms with E-state index in [4.69, 9.17) is 0 Å². The van der Waals surface area contributed by atoms with E-state index in [2.05, 4.69) is 15.6 Å². The van der Waals surface area contributed by atoms with E-state index in [0.717, 1.165) is 36.6 Å². The Kier molecular flexibility index (Phi) is 9.57. The molecule has 17 heteroatoms. The first kappa shape index (κ1) is 40.5. The van der Waals surface area contributed by atoms with Gasteiger partial charge >= 0.3 is 16.3 Å². The third-order valence-electron chi connectivity index (χ3n) is 8.13. The number of aromatic nitrogens is 1. The summed E-state index contributed by atoms with van der Waals surface area (Å²) >= 11 is 0. The van der Waals surface area contributed by atoms with Crippen LogP contribution in [0, 0.1) is 77.6 Å². The number of halogens is 14. The molecule has 6 aromatic rings. The number of pyridine rings is 1. The molecule has 0 atom stereocenters. The van der Waals surface area contributed by atoms with Crippen molar-refractivity contribution >= 4 is 21.0 Å². The van der Waals surface area contributed by atoms with Crippen LogP contribution in [0.15, 0.2) is 79.0 Å². The van der Waals surface area contributed by atoms with Crippen LogP contribution in [-0.2, 0) is 6.11 Å². The molecule has 6 rings (SSSR count). The molecular formula is C40H19F14NOS. The minimum absolute atomic E-state index is 0.0926. The zero-order valence-corrected chi connectivity index (χ0v) is 29.4. The summed E-state index contributed by atoms with van der Waals surface area (Å²) in [4.78, 5) is 3.99. The summed E-state index contributed by atoms with van der Waals surface area (Å²) < 4.78 is 203. The second-order valence-electron chi connectivity index (χ2n) is 12.5. The monoisotopic (exact) mass is 827 g/mol. The third-order valence-corrected chi connectivity index (χ3v) is 8.62. The number of alkyl halides is 2. The lowest BCUT2D eigenvalue weighted by Gasteiger charge is -2.33. The summed E-state index contributed by atoms with van der Waals surface area (Å²) in [5.41, 5.74) is -4.50. The van der Waals surface area contributed by atoms with Gasteiger partial charge in [-0.1, -0.05) is 37.3 Å². The van der Waals surface area contributed by atoms with E-state index in [9.17, 15) is 32.6 Å². The van der Waals surface area contributed by atoms with Crippen LogP contribution in [0.4, 0.5) is 58.9 Å². The Morgan fingerprint density at radius 3 is 1.89 bits per heavy atom. The van der Waals surface area contributed by atoms with Crippen LogP contribution >= 0.6 is 10.2 Å². The standard InChI is InChI=1S/C40H19F14NOS/c1-20-3-8-36(55-19-20)25-15-34(45)38(35(46)16-25)40(48,49)56-27-5-7-28(32(43)18-27)24-12-26-17-31(42)29(39(47)37(26)33(44)14-24)6-4-22-13-30(41)23(11-21(22)2)9-10-57(50,51,52,53)54/h3,5,7-8,11-19H,1-2H3. The van der Waals surface area contributed by atoms with E-state index in [-0.39, 0.29) is 33.2 Å². The number of nitrogens with zero attached hydrogens (tertiary/aromatic N) is 1. The van der Waals surface area contributed by atoms with Crippen LogP contribution in [0.25, 0.3) is 33.2 Å². The Morgan fingerprint density at radius 1 is 0.614 bits per heavy atom. The highest BCUT2D eigenvalue weighted by atomic mass is 32.5. The van der Waals surface area contributed by atoms with Crippen molar-refractivity contribution in [2.75, 3.05) is 0 Å². The molecule has 1 aromatic heterocycles. The maximum absolute atomic E-state index is 15.5. The maximum atomic E-state index is 15.5. The van der Waals surface area contributed by atoms with Crippen LogP contribution in [0.1, 0.15) is 33.4 Å². The lowest BCUT2D eigenvalue weighted by molar-refractivity contribution is -0.189. The molecule has 0 unspecified atom stereocenters. The van der Waals surface area contributed by atoms with Crippen molar-refractivity contribution < 1.29 is 63.7 Å². The number of fused-ring (bicyclic) bond motifs is 1. The first-order valence-corrected chi connectivity index (χ1v) is 17.7. The molecule has 0 aliphatic heterocycles. The van der Waals surface area contributed by atoms with Crippen LogP contribution in [0.3, 0.4) is 0 Å². The molecule has 0 spiro atoms. The molecule has 0 fully saturated rings. The van der Waals surface area contributed by atoms with E-state index < -0.39 is 95.8 Å². The van der Waals surface area contributed by atoms with Crippen LogP contribution in [0.5, 0.6) is 5.75 Å². The second kappa shape index (κ2) is 13.5. The summed E-state index contributed by atoms with van der Waals surface area (Å²) in [6, 6.07) is 9.57. The predicted molar refractivity (Wildman–Crippen MR) is 185 cm³/mol. The van der Waals surface area contributed by atoms with Crippen molar-refractivity contribution in [3.05, 3.63) is 153 Å². The molecule has 0 saturated carbocycles. The van der Waals surface area contributed by atoms with Gasteiger partial charge in [0.2, 0.25) is 0 Å². The van der Waals surface area contributed by atoms with Gasteiger partial charge in [0.05, 0.1) is 27.5 Å². The molecule has 0 aliphatic carbocycles. The molecule has 1 heterocycles. The molecule has 0 bridgehead atoms. The topological polar surface area (TPSA) is 22.1 Å². The number of aryl methyl sites for hydroxylation is 2. The molecule has 0 aliphatic rings. The average Bonchev–Trinajstić information content (AvgIpc) is 3.07. The summed E-state index contributed by atoms with van der Waals surface area (Å²) in [6.07, 6.45) is -3.27. The van der Waals surface area contributed by atoms with E-state index in [1.807, 2.05) is 5.92 Å². The van der Waals surface area contributed by atoms with Crippen molar-refractivity contribution in [1.82, 2.24) is 4.98 Å². The highest BCUT2D eigenvalue weighted by Gasteiger charge is 2.62. The Labute approximate surface area is 313 Å². The molecule has 2 nitrogen and oxygen atoms in total. The van der Waals surface area contributed by atoms with Gasteiger partial charge in [-0.05, 0) is 103 Å². The average molecular weight is 828 g/mol. The first-order valence-electron chi connectivity index (χ1n) is 15.8. The van der Waals surface area contributed by atoms with Crippen LogP contribution < -0.4 is 4.74 Å². The van der Waals surface area contributed by atoms with Gasteiger partial charge in [-0.2, -0.15) is 8.78 Å². The van der Waals surface area contributed by atoms with E-state index in [1.165, 1.54) is 12.3 Å². The molecular weight excluding hydrogens is 808 g/mol. The van der Waals surface area contributed by atoms with Gasteiger partial charge in [-0.15, -0.1) is 0 Å². The summed E-state index contributed by atoms with van der Waals surface area (Å²) in [6.45, 7) is 2.87. The van der Waals surface area contributed by atoms with Crippen molar-refractivity contribution in [2.24, 2.45) is 0 Å². The Morgan fingerprint density at radius 2 is 1.28 bits per heavy atom. The largest absolute Gasteiger partial charge is 0.432 e. The zero-order valence-electron chi connectivity index (χ0n) is 28.6. The molecule has 294 valence electrons. The predicted octanol–water partition coefficient (Wildman–Crippen LogP) is 13.3. The van der Waals surface area contributed by atoms with Gasteiger partial charge in [0.25, 0.3) is 0 Å². The molecule has 57 heavy (non-hydrogen) atoms. The number of hydrogen-bond acceptors (Lipinski definition) is 2. The lowest BCUT2D eigenvalue weighted by Crippen LogP contribution is -2.25. The van der Waals surface area contributed by atoms with Crippen molar-refractivity contribution in [2.45, 2.75) is 20.0 Å². The Hall–Kier alpha value is -6.20. The second-order valence-corrected chi connectivity index (χ2v) is 14.6. The Bertz CT molecular complexity index is 2760. The minimum Gasteiger partial charge on any atom is -0.429 e. The molecule has 0 saturated heterocycles. The van der Waals surface area contributed by atoms with Crippen LogP contribution in [0.2, 0.25) is 0 Å². The van der Waals surface area contributed by atoms with Crippen molar-refractivity contribution in [3.8, 4) is 51.1 Å². The van der Waals surface area contributed by atoms with Gasteiger partial charge < -0.3 is 4.74 Å². The summed E-state index contributed by atoms with van der Waals surface area (Å²) in [5.74, 6) is -6.21. The quantitative estimate of drug-likeness (QED) is 0.128. The van der Waals surface area contributed by atoms with Gasteiger partial charge in [0.15, 0.2) is 5.82 Å². The minimum atomic E-state index is -10.2. The van der Waals surface area contributed by atoms with E-state index in [1.54, 1.807) is 13.0 Å². The number of benzene rings is 5. The SMILES string of the molecule is Cc1ccc(-c2cc(F)c(C(F)(F)Oc3ccc(-c4cc(F)c5c(F)c(C#Cc6cc(F)c(C#CS(F)(F)(F)(F)F)cc6C)c(F)cc5c4)c(F)c3)c(F)c2)nc1. The van der Waals surface area contributed by atoms with Crippen molar-refractivity contribution in [1.29, 1.82) is 0 Å². The van der Waals surface area contributed by atoms with Gasteiger partial charge in [0, 0.05) is 29.0 Å². The third kappa shape index (κ3) is 8.94. The Balaban J connectivity index is 1.27. The van der Waals surface area contributed by atoms with Gasteiger partial charge in [0.1, 0.15) is 46.2 Å². The number of hydrogen-bond donors (Lipinski definition) is 0. The fraction of sp³-hybridized carbons (Fsp3) is 0.0750. The number of rotatable bonds is 5. The van der Waals surface area contributed by atoms with E-state index in [0.29, 0.717) is 42.5 Å². The summed E-state index contributed by atoms with van der Waals surface area (Å²) in [7, 11) is -10.2.